The van der Waals surface area contributed by atoms with E-state index in [0.29, 0.717) is 5.69 Å². The summed E-state index contributed by atoms with van der Waals surface area (Å²) in [5.41, 5.74) is 7.39. The third-order valence-electron chi connectivity index (χ3n) is 4.81. The summed E-state index contributed by atoms with van der Waals surface area (Å²) in [4.78, 5) is 3.34. The van der Waals surface area contributed by atoms with Crippen LogP contribution in [0.1, 0.15) is 16.8 Å². The molecular formula is C20H14N2O2. The maximum atomic E-state index is 9.63. The van der Waals surface area contributed by atoms with Crippen LogP contribution in [0.5, 0.6) is 11.5 Å². The Kier molecular flexibility index (Phi) is 2.71. The van der Waals surface area contributed by atoms with Crippen LogP contribution in [0, 0.1) is 11.3 Å². The molecule has 4 nitrogen and oxygen atoms in total. The number of aromatic nitrogens is 1. The van der Waals surface area contributed by atoms with Crippen LogP contribution >= 0.6 is 0 Å². The third-order valence-corrected chi connectivity index (χ3v) is 4.81. The number of benzene rings is 2. The number of aromatic amines is 1. The van der Waals surface area contributed by atoms with Gasteiger partial charge in [0.25, 0.3) is 0 Å². The number of fused-ring (bicyclic) bond motifs is 4. The Hall–Kier alpha value is -3.19. The van der Waals surface area contributed by atoms with Crippen LogP contribution in [-0.2, 0) is 12.8 Å². The normalized spacial score (nSPS) is 14.0. The molecular weight excluding hydrogens is 300 g/mol. The van der Waals surface area contributed by atoms with Crippen molar-refractivity contribution in [2.45, 2.75) is 12.8 Å². The highest BCUT2D eigenvalue weighted by Gasteiger charge is 2.25. The quantitative estimate of drug-likeness (QED) is 0.737. The van der Waals surface area contributed by atoms with Crippen molar-refractivity contribution in [3.63, 3.8) is 0 Å². The minimum atomic E-state index is 0.252. The molecule has 0 bridgehead atoms. The number of H-pyrrole nitrogens is 1. The van der Waals surface area contributed by atoms with E-state index in [1.54, 1.807) is 0 Å². The van der Waals surface area contributed by atoms with Crippen molar-refractivity contribution in [2.75, 3.05) is 6.79 Å². The molecule has 0 saturated heterocycles. The minimum absolute atomic E-state index is 0.252. The first-order chi connectivity index (χ1) is 11.8. The Balaban J connectivity index is 1.74. The summed E-state index contributed by atoms with van der Waals surface area (Å²) in [6, 6.07) is 16.6. The standard InChI is InChI=1S/C20H14N2O2/c21-10-16-19(13-6-8-17-18(9-13)24-11-23-17)15-7-5-12-3-1-2-4-14(12)20(15)22-16/h1-4,6,8-9,22H,5,7,11H2. The van der Waals surface area contributed by atoms with Crippen molar-refractivity contribution >= 4 is 0 Å². The van der Waals surface area contributed by atoms with Gasteiger partial charge in [0, 0.05) is 11.1 Å². The average molecular weight is 314 g/mol. The van der Waals surface area contributed by atoms with Gasteiger partial charge >= 0.3 is 0 Å². The lowest BCUT2D eigenvalue weighted by atomic mass is 9.87. The van der Waals surface area contributed by atoms with E-state index in [4.69, 9.17) is 9.47 Å². The van der Waals surface area contributed by atoms with Crippen LogP contribution in [0.15, 0.2) is 42.5 Å². The number of nitriles is 1. The van der Waals surface area contributed by atoms with Crippen LogP contribution < -0.4 is 9.47 Å². The van der Waals surface area contributed by atoms with Crippen LogP contribution in [-0.4, -0.2) is 11.8 Å². The predicted molar refractivity (Wildman–Crippen MR) is 89.9 cm³/mol. The average Bonchev–Trinajstić information content (AvgIpc) is 3.24. The summed E-state index contributed by atoms with van der Waals surface area (Å²) >= 11 is 0. The zero-order chi connectivity index (χ0) is 16.1. The summed E-state index contributed by atoms with van der Waals surface area (Å²) in [5, 5.41) is 9.63. The fraction of sp³-hybridized carbons (Fsp3) is 0.150. The van der Waals surface area contributed by atoms with Gasteiger partial charge in [0.15, 0.2) is 11.5 Å². The van der Waals surface area contributed by atoms with Crippen LogP contribution in [0.4, 0.5) is 0 Å². The first kappa shape index (κ1) is 13.3. The van der Waals surface area contributed by atoms with Crippen LogP contribution in [0.2, 0.25) is 0 Å². The Morgan fingerprint density at radius 3 is 2.79 bits per heavy atom. The molecule has 116 valence electrons. The lowest BCUT2D eigenvalue weighted by molar-refractivity contribution is 0.174. The predicted octanol–water partition coefficient (Wildman–Crippen LogP) is 4.05. The van der Waals surface area contributed by atoms with Gasteiger partial charge in [-0.3, -0.25) is 0 Å². The Labute approximate surface area is 139 Å². The molecule has 0 spiro atoms. The van der Waals surface area contributed by atoms with Gasteiger partial charge in [-0.1, -0.05) is 30.3 Å². The maximum absolute atomic E-state index is 9.63. The summed E-state index contributed by atoms with van der Waals surface area (Å²) < 4.78 is 10.9. The van der Waals surface area contributed by atoms with Gasteiger partial charge in [-0.2, -0.15) is 5.26 Å². The number of rotatable bonds is 1. The van der Waals surface area contributed by atoms with E-state index in [1.165, 1.54) is 16.7 Å². The molecule has 0 amide bonds. The zero-order valence-corrected chi connectivity index (χ0v) is 12.9. The van der Waals surface area contributed by atoms with E-state index in [0.717, 1.165) is 41.2 Å². The smallest absolute Gasteiger partial charge is 0.231 e. The van der Waals surface area contributed by atoms with Gasteiger partial charge in [0.2, 0.25) is 6.79 Å². The van der Waals surface area contributed by atoms with Crippen molar-refractivity contribution in [3.8, 4) is 40.0 Å². The molecule has 24 heavy (non-hydrogen) atoms. The molecule has 2 aliphatic rings. The molecule has 2 heterocycles. The van der Waals surface area contributed by atoms with Gasteiger partial charge in [0.05, 0.1) is 5.69 Å². The second-order valence-electron chi connectivity index (χ2n) is 6.07. The van der Waals surface area contributed by atoms with Crippen molar-refractivity contribution in [2.24, 2.45) is 0 Å². The number of ether oxygens (including phenoxy) is 2. The van der Waals surface area contributed by atoms with Crippen molar-refractivity contribution in [3.05, 3.63) is 59.3 Å². The number of nitrogens with zero attached hydrogens (tertiary/aromatic N) is 1. The minimum Gasteiger partial charge on any atom is -0.454 e. The molecule has 4 heteroatoms. The van der Waals surface area contributed by atoms with E-state index in [1.807, 2.05) is 24.3 Å². The summed E-state index contributed by atoms with van der Waals surface area (Å²) in [7, 11) is 0. The fourth-order valence-corrected chi connectivity index (χ4v) is 3.72. The van der Waals surface area contributed by atoms with Gasteiger partial charge in [-0.25, -0.2) is 0 Å². The maximum Gasteiger partial charge on any atom is 0.231 e. The number of hydrogen-bond acceptors (Lipinski definition) is 3. The lowest BCUT2D eigenvalue weighted by Gasteiger charge is -2.17. The molecule has 0 fully saturated rings. The third kappa shape index (κ3) is 1.79. The fourth-order valence-electron chi connectivity index (χ4n) is 3.72. The molecule has 1 aliphatic heterocycles. The van der Waals surface area contributed by atoms with E-state index < -0.39 is 0 Å². The molecule has 5 rings (SSSR count). The van der Waals surface area contributed by atoms with E-state index >= 15 is 0 Å². The molecule has 1 N–H and O–H groups in total. The van der Waals surface area contributed by atoms with Gasteiger partial charge < -0.3 is 14.5 Å². The molecule has 3 aromatic rings. The van der Waals surface area contributed by atoms with Gasteiger partial charge in [-0.05, 0) is 41.7 Å². The Morgan fingerprint density at radius 2 is 1.88 bits per heavy atom. The largest absolute Gasteiger partial charge is 0.454 e. The molecule has 1 aliphatic carbocycles. The monoisotopic (exact) mass is 314 g/mol. The second kappa shape index (κ2) is 4.90. The molecule has 0 atom stereocenters. The number of aryl methyl sites for hydroxylation is 1. The highest BCUT2D eigenvalue weighted by Crippen LogP contribution is 2.43. The van der Waals surface area contributed by atoms with Crippen LogP contribution in [0.25, 0.3) is 22.4 Å². The Morgan fingerprint density at radius 1 is 1.00 bits per heavy atom. The number of nitrogens with one attached hydrogen (secondary N) is 1. The van der Waals surface area contributed by atoms with Gasteiger partial charge in [0.1, 0.15) is 11.8 Å². The van der Waals surface area contributed by atoms with E-state index in [2.05, 4.69) is 29.3 Å². The van der Waals surface area contributed by atoms with Crippen LogP contribution in [0.3, 0.4) is 0 Å². The topological polar surface area (TPSA) is 58.0 Å². The summed E-state index contributed by atoms with van der Waals surface area (Å²) in [6.07, 6.45) is 1.91. The first-order valence-electron chi connectivity index (χ1n) is 7.98. The summed E-state index contributed by atoms with van der Waals surface area (Å²) in [6.45, 7) is 0.252. The lowest BCUT2D eigenvalue weighted by Crippen LogP contribution is -2.03. The molecule has 1 aromatic heterocycles. The SMILES string of the molecule is N#Cc1[nH]c2c(c1-c1ccc3c(c1)OCO3)CCc1ccccc1-2. The first-order valence-corrected chi connectivity index (χ1v) is 7.98. The van der Waals surface area contributed by atoms with Crippen molar-refractivity contribution in [1.82, 2.24) is 4.98 Å². The van der Waals surface area contributed by atoms with E-state index in [-0.39, 0.29) is 6.79 Å². The zero-order valence-electron chi connectivity index (χ0n) is 12.9. The van der Waals surface area contributed by atoms with Crippen molar-refractivity contribution < 1.29 is 9.47 Å². The molecule has 2 aromatic carbocycles. The highest BCUT2D eigenvalue weighted by atomic mass is 16.7. The Bertz CT molecular complexity index is 1010. The molecule has 0 saturated carbocycles. The highest BCUT2D eigenvalue weighted by molar-refractivity contribution is 5.84. The number of hydrogen-bond donors (Lipinski definition) is 1. The van der Waals surface area contributed by atoms with Crippen molar-refractivity contribution in [1.29, 1.82) is 5.26 Å². The molecule has 0 radical (unpaired) electrons. The van der Waals surface area contributed by atoms with Gasteiger partial charge in [-0.15, -0.1) is 0 Å². The summed E-state index contributed by atoms with van der Waals surface area (Å²) in [5.74, 6) is 1.49. The second-order valence-corrected chi connectivity index (χ2v) is 6.07. The molecule has 0 unspecified atom stereocenters. The van der Waals surface area contributed by atoms with E-state index in [9.17, 15) is 5.26 Å².